The molecule has 110 valence electrons. The summed E-state index contributed by atoms with van der Waals surface area (Å²) >= 11 is 3.41. The van der Waals surface area contributed by atoms with Crippen molar-refractivity contribution in [1.82, 2.24) is 0 Å². The molecular weight excluding hydrogens is 328 g/mol. The zero-order valence-electron chi connectivity index (χ0n) is 12.2. The molecule has 3 nitrogen and oxygen atoms in total. The van der Waals surface area contributed by atoms with Gasteiger partial charge in [-0.3, -0.25) is 5.43 Å². The third kappa shape index (κ3) is 4.90. The number of benzene rings is 2. The van der Waals surface area contributed by atoms with Crippen molar-refractivity contribution < 1.29 is 4.74 Å². The minimum atomic E-state index is 0.194. The summed E-state index contributed by atoms with van der Waals surface area (Å²) in [6.45, 7) is 4.17. The first-order valence-electron chi connectivity index (χ1n) is 6.99. The van der Waals surface area contributed by atoms with Crippen LogP contribution in [0, 0.1) is 0 Å². The van der Waals surface area contributed by atoms with Crippen LogP contribution in [0.25, 0.3) is 0 Å². The largest absolute Gasteiger partial charge is 0.490 e. The molecule has 2 aromatic rings. The molecule has 0 radical (unpaired) electrons. The number of anilines is 1. The molecule has 2 aromatic carbocycles. The fourth-order valence-corrected chi connectivity index (χ4v) is 1.96. The summed E-state index contributed by atoms with van der Waals surface area (Å²) in [5.74, 6) is 0.855. The number of halogens is 1. The predicted octanol–water partition coefficient (Wildman–Crippen LogP) is 5.07. The number of nitrogens with zero attached hydrogens (tertiary/aromatic N) is 1. The lowest BCUT2D eigenvalue weighted by atomic mass is 10.2. The molecule has 0 aliphatic carbocycles. The van der Waals surface area contributed by atoms with E-state index in [0.29, 0.717) is 0 Å². The van der Waals surface area contributed by atoms with E-state index in [0.717, 1.165) is 27.9 Å². The van der Waals surface area contributed by atoms with E-state index in [1.165, 1.54) is 0 Å². The van der Waals surface area contributed by atoms with Gasteiger partial charge in [0, 0.05) is 10.0 Å². The molecule has 4 heteroatoms. The highest BCUT2D eigenvalue weighted by molar-refractivity contribution is 9.10. The first kappa shape index (κ1) is 15.6. The summed E-state index contributed by atoms with van der Waals surface area (Å²) in [7, 11) is 0. The minimum Gasteiger partial charge on any atom is -0.490 e. The van der Waals surface area contributed by atoms with Crippen LogP contribution in [0.1, 0.15) is 25.8 Å². The van der Waals surface area contributed by atoms with Crippen LogP contribution in [0.4, 0.5) is 5.69 Å². The van der Waals surface area contributed by atoms with Crippen LogP contribution >= 0.6 is 15.9 Å². The van der Waals surface area contributed by atoms with Gasteiger partial charge in [-0.05, 0) is 49.7 Å². The van der Waals surface area contributed by atoms with E-state index in [1.54, 1.807) is 6.21 Å². The van der Waals surface area contributed by atoms with Gasteiger partial charge in [0.1, 0.15) is 5.75 Å². The minimum absolute atomic E-state index is 0.194. The Bertz CT molecular complexity index is 596. The zero-order valence-corrected chi connectivity index (χ0v) is 13.8. The summed E-state index contributed by atoms with van der Waals surface area (Å²) in [4.78, 5) is 0. The van der Waals surface area contributed by atoms with Gasteiger partial charge in [0.15, 0.2) is 0 Å². The summed E-state index contributed by atoms with van der Waals surface area (Å²) in [6, 6.07) is 15.8. The molecule has 2 rings (SSSR count). The van der Waals surface area contributed by atoms with Gasteiger partial charge < -0.3 is 4.74 Å². The number of rotatable bonds is 6. The monoisotopic (exact) mass is 346 g/mol. The molecule has 0 heterocycles. The lowest BCUT2D eigenvalue weighted by molar-refractivity contribution is 0.217. The van der Waals surface area contributed by atoms with Gasteiger partial charge in [0.25, 0.3) is 0 Å². The third-order valence-electron chi connectivity index (χ3n) is 3.06. The number of hydrogen-bond donors (Lipinski definition) is 1. The number of hydrogen-bond acceptors (Lipinski definition) is 3. The lowest BCUT2D eigenvalue weighted by Gasteiger charge is -2.14. The highest BCUT2D eigenvalue weighted by Crippen LogP contribution is 2.19. The van der Waals surface area contributed by atoms with E-state index >= 15 is 0 Å². The number of nitrogens with one attached hydrogen (secondary N) is 1. The average Bonchev–Trinajstić information content (AvgIpc) is 2.51. The maximum absolute atomic E-state index is 5.89. The van der Waals surface area contributed by atoms with Crippen molar-refractivity contribution in [3.05, 3.63) is 58.6 Å². The van der Waals surface area contributed by atoms with Crippen molar-refractivity contribution >= 4 is 27.8 Å². The van der Waals surface area contributed by atoms with Crippen molar-refractivity contribution in [3.8, 4) is 5.75 Å². The number of para-hydroxylation sites is 1. The summed E-state index contributed by atoms with van der Waals surface area (Å²) in [5.41, 5.74) is 4.91. The molecule has 21 heavy (non-hydrogen) atoms. The van der Waals surface area contributed by atoms with Gasteiger partial charge in [-0.1, -0.05) is 35.0 Å². The Kier molecular flexibility index (Phi) is 5.81. The quantitative estimate of drug-likeness (QED) is 0.584. The van der Waals surface area contributed by atoms with E-state index in [2.05, 4.69) is 40.3 Å². The van der Waals surface area contributed by atoms with E-state index in [1.807, 2.05) is 48.5 Å². The highest BCUT2D eigenvalue weighted by Gasteiger charge is 2.04. The first-order valence-corrected chi connectivity index (χ1v) is 7.78. The maximum Gasteiger partial charge on any atom is 0.128 e. The smallest absolute Gasteiger partial charge is 0.128 e. The SMILES string of the molecule is CC[C@H](C)Oc1ccccc1/C=N\Nc1ccc(Br)cc1. The van der Waals surface area contributed by atoms with Crippen molar-refractivity contribution in [2.75, 3.05) is 5.43 Å². The lowest BCUT2D eigenvalue weighted by Crippen LogP contribution is -2.11. The summed E-state index contributed by atoms with van der Waals surface area (Å²) in [5, 5.41) is 4.26. The highest BCUT2D eigenvalue weighted by atomic mass is 79.9. The molecule has 0 aromatic heterocycles. The van der Waals surface area contributed by atoms with Crippen molar-refractivity contribution in [1.29, 1.82) is 0 Å². The molecule has 0 saturated heterocycles. The molecule has 0 aliphatic rings. The van der Waals surface area contributed by atoms with E-state index in [9.17, 15) is 0 Å². The molecule has 0 amide bonds. The molecule has 0 unspecified atom stereocenters. The fourth-order valence-electron chi connectivity index (χ4n) is 1.70. The molecule has 1 atom stereocenters. The van der Waals surface area contributed by atoms with Gasteiger partial charge in [0.05, 0.1) is 18.0 Å². The molecule has 0 bridgehead atoms. The van der Waals surface area contributed by atoms with Gasteiger partial charge in [0.2, 0.25) is 0 Å². The van der Waals surface area contributed by atoms with Crippen LogP contribution in [0.5, 0.6) is 5.75 Å². The molecule has 0 spiro atoms. The number of ether oxygens (including phenoxy) is 1. The van der Waals surface area contributed by atoms with Gasteiger partial charge >= 0.3 is 0 Å². The Labute approximate surface area is 134 Å². The second-order valence-corrected chi connectivity index (χ2v) is 5.67. The van der Waals surface area contributed by atoms with Crippen molar-refractivity contribution in [2.24, 2.45) is 5.10 Å². The topological polar surface area (TPSA) is 33.6 Å². The van der Waals surface area contributed by atoms with Crippen LogP contribution in [0.15, 0.2) is 58.1 Å². The molecule has 1 N–H and O–H groups in total. The molecule has 0 fully saturated rings. The van der Waals surface area contributed by atoms with Crippen LogP contribution in [-0.4, -0.2) is 12.3 Å². The number of hydrazone groups is 1. The van der Waals surface area contributed by atoms with Gasteiger partial charge in [-0.15, -0.1) is 0 Å². The third-order valence-corrected chi connectivity index (χ3v) is 3.59. The Hall–Kier alpha value is -1.81. The van der Waals surface area contributed by atoms with Crippen molar-refractivity contribution in [3.63, 3.8) is 0 Å². The average molecular weight is 347 g/mol. The van der Waals surface area contributed by atoms with Crippen LogP contribution < -0.4 is 10.2 Å². The zero-order chi connectivity index (χ0) is 15.1. The summed E-state index contributed by atoms with van der Waals surface area (Å²) in [6.07, 6.45) is 2.95. The van der Waals surface area contributed by atoms with Crippen molar-refractivity contribution in [2.45, 2.75) is 26.4 Å². The van der Waals surface area contributed by atoms with Gasteiger partial charge in [-0.25, -0.2) is 0 Å². The first-order chi connectivity index (χ1) is 10.2. The fraction of sp³-hybridized carbons (Fsp3) is 0.235. The standard InChI is InChI=1S/C17H19BrN2O/c1-3-13(2)21-17-7-5-4-6-14(17)12-19-20-16-10-8-15(18)9-11-16/h4-13,20H,3H2,1-2H3/b19-12-/t13-/m0/s1. The van der Waals surface area contributed by atoms with Crippen LogP contribution in [-0.2, 0) is 0 Å². The second-order valence-electron chi connectivity index (χ2n) is 4.75. The maximum atomic E-state index is 5.89. The van der Waals surface area contributed by atoms with Crippen LogP contribution in [0.3, 0.4) is 0 Å². The Morgan fingerprint density at radius 3 is 2.62 bits per heavy atom. The second kappa shape index (κ2) is 7.84. The van der Waals surface area contributed by atoms with Crippen LogP contribution in [0.2, 0.25) is 0 Å². The van der Waals surface area contributed by atoms with E-state index < -0.39 is 0 Å². The summed E-state index contributed by atoms with van der Waals surface area (Å²) < 4.78 is 6.93. The Morgan fingerprint density at radius 2 is 1.90 bits per heavy atom. The van der Waals surface area contributed by atoms with Gasteiger partial charge in [-0.2, -0.15) is 5.10 Å². The molecular formula is C17H19BrN2O. The molecule has 0 aliphatic heterocycles. The predicted molar refractivity (Wildman–Crippen MR) is 92.2 cm³/mol. The normalized spacial score (nSPS) is 12.3. The molecule has 0 saturated carbocycles. The van der Waals surface area contributed by atoms with E-state index in [4.69, 9.17) is 4.74 Å². The van der Waals surface area contributed by atoms with E-state index in [-0.39, 0.29) is 6.10 Å². The Balaban J connectivity index is 2.04. The Morgan fingerprint density at radius 1 is 1.19 bits per heavy atom.